The van der Waals surface area contributed by atoms with Crippen molar-refractivity contribution in [3.05, 3.63) is 13.0 Å². The molecule has 1 aromatic heterocycles. The number of aryl methyl sites for hydroxylation is 1. The standard InChI is InChI=1S/C9H13ClINS/c1-2-3-4-5-6-7-8(11)12-9(10)13-7/h2-6H2,1H3. The molecule has 0 unspecified atom stereocenters. The summed E-state index contributed by atoms with van der Waals surface area (Å²) in [6.45, 7) is 2.23. The number of aromatic nitrogens is 1. The maximum absolute atomic E-state index is 5.81. The molecule has 0 bridgehead atoms. The summed E-state index contributed by atoms with van der Waals surface area (Å²) in [5.41, 5.74) is 0. The van der Waals surface area contributed by atoms with Crippen molar-refractivity contribution in [2.45, 2.75) is 39.0 Å². The second-order valence-electron chi connectivity index (χ2n) is 2.99. The van der Waals surface area contributed by atoms with E-state index in [9.17, 15) is 0 Å². The average molecular weight is 330 g/mol. The van der Waals surface area contributed by atoms with Gasteiger partial charge in [0, 0.05) is 4.88 Å². The number of halogens is 2. The average Bonchev–Trinajstić information content (AvgIpc) is 2.39. The van der Waals surface area contributed by atoms with Crippen LogP contribution in [0.4, 0.5) is 0 Å². The van der Waals surface area contributed by atoms with Gasteiger partial charge in [-0.25, -0.2) is 4.98 Å². The molecule has 1 aromatic rings. The van der Waals surface area contributed by atoms with Gasteiger partial charge in [0.2, 0.25) is 0 Å². The van der Waals surface area contributed by atoms with Crippen molar-refractivity contribution in [1.82, 2.24) is 4.98 Å². The summed E-state index contributed by atoms with van der Waals surface area (Å²) >= 11 is 9.68. The molecule has 0 aliphatic rings. The van der Waals surface area contributed by atoms with Gasteiger partial charge in [0.05, 0.1) is 0 Å². The Hall–Kier alpha value is 0.650. The number of hydrogen-bond donors (Lipinski definition) is 0. The molecular weight excluding hydrogens is 317 g/mol. The van der Waals surface area contributed by atoms with E-state index >= 15 is 0 Å². The van der Waals surface area contributed by atoms with E-state index in [1.165, 1.54) is 30.6 Å². The van der Waals surface area contributed by atoms with Gasteiger partial charge in [0.15, 0.2) is 4.47 Å². The molecule has 74 valence electrons. The quantitative estimate of drug-likeness (QED) is 0.571. The van der Waals surface area contributed by atoms with Gasteiger partial charge in [-0.3, -0.25) is 0 Å². The number of rotatable bonds is 5. The normalized spacial score (nSPS) is 10.7. The molecule has 0 saturated carbocycles. The maximum Gasteiger partial charge on any atom is 0.184 e. The molecular formula is C9H13ClINS. The highest BCUT2D eigenvalue weighted by molar-refractivity contribution is 14.1. The third kappa shape index (κ3) is 4.13. The van der Waals surface area contributed by atoms with Crippen LogP contribution in [0, 0.1) is 3.70 Å². The third-order valence-corrected chi connectivity index (χ3v) is 4.36. The zero-order valence-electron chi connectivity index (χ0n) is 7.65. The molecule has 1 nitrogen and oxygen atoms in total. The number of hydrogen-bond acceptors (Lipinski definition) is 2. The molecule has 1 heterocycles. The van der Waals surface area contributed by atoms with E-state index in [0.29, 0.717) is 4.47 Å². The summed E-state index contributed by atoms with van der Waals surface area (Å²) in [4.78, 5) is 5.53. The SMILES string of the molecule is CCCCCCc1sc(Cl)nc1I. The summed E-state index contributed by atoms with van der Waals surface area (Å²) in [5.74, 6) is 0. The van der Waals surface area contributed by atoms with Crippen LogP contribution in [0.5, 0.6) is 0 Å². The molecule has 0 atom stereocenters. The van der Waals surface area contributed by atoms with Gasteiger partial charge in [-0.2, -0.15) is 0 Å². The highest BCUT2D eigenvalue weighted by Crippen LogP contribution is 2.25. The largest absolute Gasteiger partial charge is 0.219 e. The van der Waals surface area contributed by atoms with Crippen molar-refractivity contribution < 1.29 is 0 Å². The Balaban J connectivity index is 2.32. The van der Waals surface area contributed by atoms with E-state index in [1.54, 1.807) is 11.3 Å². The summed E-state index contributed by atoms with van der Waals surface area (Å²) in [6.07, 6.45) is 6.36. The lowest BCUT2D eigenvalue weighted by Gasteiger charge is -1.96. The fourth-order valence-electron chi connectivity index (χ4n) is 1.17. The highest BCUT2D eigenvalue weighted by Gasteiger charge is 2.05. The van der Waals surface area contributed by atoms with Gasteiger partial charge in [-0.15, -0.1) is 11.3 Å². The zero-order chi connectivity index (χ0) is 9.68. The smallest absolute Gasteiger partial charge is 0.184 e. The van der Waals surface area contributed by atoms with Crippen molar-refractivity contribution in [3.8, 4) is 0 Å². The van der Waals surface area contributed by atoms with Crippen LogP contribution in [0.1, 0.15) is 37.5 Å². The summed E-state index contributed by atoms with van der Waals surface area (Å²) in [7, 11) is 0. The molecule has 0 aromatic carbocycles. The summed E-state index contributed by atoms with van der Waals surface area (Å²) in [5, 5.41) is 0. The van der Waals surface area contributed by atoms with E-state index in [2.05, 4.69) is 34.5 Å². The molecule has 13 heavy (non-hydrogen) atoms. The van der Waals surface area contributed by atoms with E-state index in [0.717, 1.165) is 10.1 Å². The first-order valence-electron chi connectivity index (χ1n) is 4.54. The minimum absolute atomic E-state index is 0.676. The topological polar surface area (TPSA) is 12.9 Å². The molecule has 1 rings (SSSR count). The van der Waals surface area contributed by atoms with Crippen molar-refractivity contribution in [1.29, 1.82) is 0 Å². The molecule has 4 heteroatoms. The van der Waals surface area contributed by atoms with Crippen LogP contribution >= 0.6 is 45.5 Å². The lowest BCUT2D eigenvalue weighted by molar-refractivity contribution is 0.669. The molecule has 0 aliphatic carbocycles. The van der Waals surface area contributed by atoms with E-state index in [1.807, 2.05) is 0 Å². The Bertz CT molecular complexity index is 262. The predicted molar refractivity (Wildman–Crippen MR) is 67.7 cm³/mol. The number of nitrogens with zero attached hydrogens (tertiary/aromatic N) is 1. The van der Waals surface area contributed by atoms with Crippen molar-refractivity contribution in [2.75, 3.05) is 0 Å². The molecule has 0 radical (unpaired) electrons. The van der Waals surface area contributed by atoms with Crippen LogP contribution in [-0.2, 0) is 6.42 Å². The van der Waals surface area contributed by atoms with Crippen LogP contribution in [0.15, 0.2) is 0 Å². The fourth-order valence-corrected chi connectivity index (χ4v) is 3.40. The van der Waals surface area contributed by atoms with Crippen LogP contribution in [-0.4, -0.2) is 4.98 Å². The first-order chi connectivity index (χ1) is 6.24. The van der Waals surface area contributed by atoms with Crippen LogP contribution in [0.2, 0.25) is 4.47 Å². The van der Waals surface area contributed by atoms with Crippen molar-refractivity contribution in [2.24, 2.45) is 0 Å². The van der Waals surface area contributed by atoms with E-state index in [4.69, 9.17) is 11.6 Å². The van der Waals surface area contributed by atoms with Crippen LogP contribution < -0.4 is 0 Å². The molecule has 0 saturated heterocycles. The Labute approximate surface area is 102 Å². The van der Waals surface area contributed by atoms with Gasteiger partial charge >= 0.3 is 0 Å². The maximum atomic E-state index is 5.81. The molecule has 0 aliphatic heterocycles. The van der Waals surface area contributed by atoms with Gasteiger partial charge < -0.3 is 0 Å². The van der Waals surface area contributed by atoms with Crippen molar-refractivity contribution in [3.63, 3.8) is 0 Å². The zero-order valence-corrected chi connectivity index (χ0v) is 11.4. The predicted octanol–water partition coefficient (Wildman–Crippen LogP) is 4.52. The lowest BCUT2D eigenvalue weighted by atomic mass is 10.1. The minimum atomic E-state index is 0.676. The Morgan fingerprint density at radius 3 is 2.69 bits per heavy atom. The minimum Gasteiger partial charge on any atom is -0.219 e. The van der Waals surface area contributed by atoms with Gasteiger partial charge in [0.25, 0.3) is 0 Å². The molecule has 0 amide bonds. The third-order valence-electron chi connectivity index (χ3n) is 1.88. The van der Waals surface area contributed by atoms with E-state index in [-0.39, 0.29) is 0 Å². The number of thiazole rings is 1. The molecule has 0 N–H and O–H groups in total. The second-order valence-corrected chi connectivity index (χ2v) is 5.68. The molecule has 0 fully saturated rings. The lowest BCUT2D eigenvalue weighted by Crippen LogP contribution is -1.84. The van der Waals surface area contributed by atoms with Gasteiger partial charge in [-0.1, -0.05) is 37.8 Å². The van der Waals surface area contributed by atoms with Gasteiger partial charge in [0.1, 0.15) is 3.70 Å². The van der Waals surface area contributed by atoms with Crippen LogP contribution in [0.25, 0.3) is 0 Å². The van der Waals surface area contributed by atoms with Crippen molar-refractivity contribution >= 4 is 45.5 Å². The summed E-state index contributed by atoms with van der Waals surface area (Å²) < 4.78 is 1.76. The van der Waals surface area contributed by atoms with Gasteiger partial charge in [-0.05, 0) is 35.4 Å². The first-order valence-corrected chi connectivity index (χ1v) is 6.82. The van der Waals surface area contributed by atoms with Crippen LogP contribution in [0.3, 0.4) is 0 Å². The number of unbranched alkanes of at least 4 members (excludes halogenated alkanes) is 3. The molecule has 0 spiro atoms. The monoisotopic (exact) mass is 329 g/mol. The Morgan fingerprint density at radius 1 is 1.38 bits per heavy atom. The van der Waals surface area contributed by atoms with E-state index < -0.39 is 0 Å². The first kappa shape index (κ1) is 11.7. The Kier molecular flexibility index (Phi) is 5.58. The highest BCUT2D eigenvalue weighted by atomic mass is 127. The summed E-state index contributed by atoms with van der Waals surface area (Å²) in [6, 6.07) is 0. The fraction of sp³-hybridized carbons (Fsp3) is 0.667. The Morgan fingerprint density at radius 2 is 2.15 bits per heavy atom. The second kappa shape index (κ2) is 6.19.